The number of ether oxygens (including phenoxy) is 2. The Balaban J connectivity index is 1.89. The summed E-state index contributed by atoms with van der Waals surface area (Å²) < 4.78 is 10.4. The molecule has 1 aliphatic heterocycles. The molecule has 3 rings (SSSR count). The SMILES string of the molecule is COc1cccc(CC(=O)C2(C)C(=O)N(Cc3ccccc3)N=C2OC(C)=O)c1. The summed E-state index contributed by atoms with van der Waals surface area (Å²) in [6.45, 7) is 2.83. The van der Waals surface area contributed by atoms with E-state index in [1.165, 1.54) is 26.0 Å². The Bertz CT molecular complexity index is 970. The number of hydrogen-bond acceptors (Lipinski definition) is 6. The first-order valence-corrected chi connectivity index (χ1v) is 9.14. The van der Waals surface area contributed by atoms with Crippen molar-refractivity contribution in [1.82, 2.24) is 5.01 Å². The lowest BCUT2D eigenvalue weighted by molar-refractivity contribution is -0.143. The Morgan fingerprint density at radius 1 is 1.07 bits per heavy atom. The van der Waals surface area contributed by atoms with Crippen LogP contribution in [0.25, 0.3) is 0 Å². The van der Waals surface area contributed by atoms with Crippen molar-refractivity contribution >= 4 is 23.6 Å². The standard InChI is InChI=1S/C22H22N2O5/c1-15(25)29-20-22(2,19(26)13-17-10-7-11-18(12-17)28-3)21(27)24(23-20)14-16-8-5-4-6-9-16/h4-12H,13-14H2,1-3H3. The van der Waals surface area contributed by atoms with Crippen LogP contribution in [0.1, 0.15) is 25.0 Å². The minimum absolute atomic E-state index is 0.0289. The summed E-state index contributed by atoms with van der Waals surface area (Å²) in [4.78, 5) is 37.9. The molecule has 1 atom stereocenters. The number of hydrazone groups is 1. The van der Waals surface area contributed by atoms with Crippen molar-refractivity contribution in [2.24, 2.45) is 10.5 Å². The molecule has 2 aromatic carbocycles. The van der Waals surface area contributed by atoms with Crippen LogP contribution in [0, 0.1) is 5.41 Å². The van der Waals surface area contributed by atoms with Gasteiger partial charge in [0, 0.05) is 13.3 Å². The summed E-state index contributed by atoms with van der Waals surface area (Å²) in [6.07, 6.45) is -0.0289. The number of methoxy groups -OCH3 is 1. The summed E-state index contributed by atoms with van der Waals surface area (Å²) in [5.74, 6) is -1.16. The molecule has 1 unspecified atom stereocenters. The van der Waals surface area contributed by atoms with Crippen molar-refractivity contribution in [3.63, 3.8) is 0 Å². The number of rotatable bonds is 6. The topological polar surface area (TPSA) is 85.3 Å². The Hall–Kier alpha value is -3.48. The first kappa shape index (κ1) is 20.3. The van der Waals surface area contributed by atoms with Crippen LogP contribution >= 0.6 is 0 Å². The molecular weight excluding hydrogens is 372 g/mol. The number of nitrogens with zero attached hydrogens (tertiary/aromatic N) is 2. The van der Waals surface area contributed by atoms with Gasteiger partial charge in [0.05, 0.1) is 13.7 Å². The lowest BCUT2D eigenvalue weighted by Crippen LogP contribution is -2.45. The summed E-state index contributed by atoms with van der Waals surface area (Å²) in [5, 5.41) is 5.34. The third-order valence-electron chi connectivity index (χ3n) is 4.77. The molecule has 0 radical (unpaired) electrons. The van der Waals surface area contributed by atoms with Gasteiger partial charge in [0.2, 0.25) is 5.90 Å². The number of carbonyl (C=O) groups excluding carboxylic acids is 3. The van der Waals surface area contributed by atoms with E-state index in [-0.39, 0.29) is 18.9 Å². The molecule has 150 valence electrons. The predicted molar refractivity (Wildman–Crippen MR) is 106 cm³/mol. The number of ketones is 1. The molecule has 1 heterocycles. The number of Topliss-reactive ketones (excluding diaryl/α,β-unsaturated/α-hetero) is 1. The van der Waals surface area contributed by atoms with Gasteiger partial charge in [-0.1, -0.05) is 42.5 Å². The highest BCUT2D eigenvalue weighted by molar-refractivity contribution is 6.26. The molecule has 0 bridgehead atoms. The van der Waals surface area contributed by atoms with Gasteiger partial charge >= 0.3 is 5.97 Å². The van der Waals surface area contributed by atoms with Crippen molar-refractivity contribution in [2.75, 3.05) is 7.11 Å². The Morgan fingerprint density at radius 3 is 2.41 bits per heavy atom. The van der Waals surface area contributed by atoms with Crippen LogP contribution < -0.4 is 4.74 Å². The van der Waals surface area contributed by atoms with Gasteiger partial charge in [0.15, 0.2) is 11.2 Å². The number of carbonyl (C=O) groups is 3. The molecule has 0 N–H and O–H groups in total. The maximum Gasteiger partial charge on any atom is 0.309 e. The summed E-state index contributed by atoms with van der Waals surface area (Å²) >= 11 is 0. The lowest BCUT2D eigenvalue weighted by Gasteiger charge is -2.22. The fourth-order valence-electron chi connectivity index (χ4n) is 3.11. The summed E-state index contributed by atoms with van der Waals surface area (Å²) in [5.41, 5.74) is -0.146. The molecule has 0 fully saturated rings. The molecule has 0 aliphatic carbocycles. The van der Waals surface area contributed by atoms with Crippen LogP contribution in [0.15, 0.2) is 59.7 Å². The maximum absolute atomic E-state index is 13.2. The lowest BCUT2D eigenvalue weighted by atomic mass is 9.82. The van der Waals surface area contributed by atoms with Crippen LogP contribution in [-0.4, -0.2) is 35.7 Å². The second kappa shape index (κ2) is 8.26. The van der Waals surface area contributed by atoms with Gasteiger partial charge in [-0.2, -0.15) is 0 Å². The highest BCUT2D eigenvalue weighted by Crippen LogP contribution is 2.33. The van der Waals surface area contributed by atoms with Crippen LogP contribution in [0.3, 0.4) is 0 Å². The second-order valence-electron chi connectivity index (χ2n) is 6.92. The van der Waals surface area contributed by atoms with E-state index in [4.69, 9.17) is 9.47 Å². The molecule has 0 aromatic heterocycles. The minimum atomic E-state index is -1.68. The molecule has 0 saturated heterocycles. The zero-order valence-electron chi connectivity index (χ0n) is 16.5. The molecule has 2 aromatic rings. The van der Waals surface area contributed by atoms with Gasteiger partial charge in [0.1, 0.15) is 5.75 Å². The predicted octanol–water partition coefficient (Wildman–Crippen LogP) is 2.73. The van der Waals surface area contributed by atoms with Crippen molar-refractivity contribution in [3.8, 4) is 5.75 Å². The molecule has 1 amide bonds. The van der Waals surface area contributed by atoms with Gasteiger partial charge in [-0.3, -0.25) is 14.4 Å². The quantitative estimate of drug-likeness (QED) is 0.556. The molecule has 0 spiro atoms. The molecule has 29 heavy (non-hydrogen) atoms. The smallest absolute Gasteiger partial charge is 0.309 e. The fourth-order valence-corrected chi connectivity index (χ4v) is 3.11. The average Bonchev–Trinajstić information content (AvgIpc) is 2.94. The van der Waals surface area contributed by atoms with Crippen molar-refractivity contribution < 1.29 is 23.9 Å². The number of hydrogen-bond donors (Lipinski definition) is 0. The highest BCUT2D eigenvalue weighted by Gasteiger charge is 2.54. The van der Waals surface area contributed by atoms with E-state index in [9.17, 15) is 14.4 Å². The number of esters is 1. The first-order valence-electron chi connectivity index (χ1n) is 9.14. The van der Waals surface area contributed by atoms with E-state index < -0.39 is 23.1 Å². The van der Waals surface area contributed by atoms with Crippen LogP contribution in [0.4, 0.5) is 0 Å². The van der Waals surface area contributed by atoms with Crippen LogP contribution in [0.5, 0.6) is 5.75 Å². The number of benzene rings is 2. The Labute approximate surface area is 168 Å². The van der Waals surface area contributed by atoms with Crippen molar-refractivity contribution in [1.29, 1.82) is 0 Å². The summed E-state index contributed by atoms with van der Waals surface area (Å²) in [6, 6.07) is 16.3. The third-order valence-corrected chi connectivity index (χ3v) is 4.77. The maximum atomic E-state index is 13.2. The third kappa shape index (κ3) is 4.18. The van der Waals surface area contributed by atoms with Crippen molar-refractivity contribution in [2.45, 2.75) is 26.8 Å². The Kier molecular flexibility index (Phi) is 5.77. The zero-order valence-corrected chi connectivity index (χ0v) is 16.5. The van der Waals surface area contributed by atoms with E-state index in [0.29, 0.717) is 11.3 Å². The Morgan fingerprint density at radius 2 is 1.76 bits per heavy atom. The van der Waals surface area contributed by atoms with Crippen LogP contribution in [0.2, 0.25) is 0 Å². The normalized spacial score (nSPS) is 18.4. The second-order valence-corrected chi connectivity index (χ2v) is 6.92. The van der Waals surface area contributed by atoms with E-state index in [1.54, 1.807) is 24.3 Å². The molecule has 7 nitrogen and oxygen atoms in total. The zero-order chi connectivity index (χ0) is 21.0. The fraction of sp³-hybridized carbons (Fsp3) is 0.273. The van der Waals surface area contributed by atoms with E-state index in [2.05, 4.69) is 5.10 Å². The minimum Gasteiger partial charge on any atom is -0.497 e. The largest absolute Gasteiger partial charge is 0.497 e. The van der Waals surface area contributed by atoms with Crippen molar-refractivity contribution in [3.05, 3.63) is 65.7 Å². The monoisotopic (exact) mass is 394 g/mol. The van der Waals surface area contributed by atoms with E-state index >= 15 is 0 Å². The molecule has 0 saturated carbocycles. The molecule has 7 heteroatoms. The highest BCUT2D eigenvalue weighted by atomic mass is 16.5. The van der Waals surface area contributed by atoms with E-state index in [1.807, 2.05) is 30.3 Å². The first-order chi connectivity index (χ1) is 13.8. The van der Waals surface area contributed by atoms with Gasteiger partial charge in [0.25, 0.3) is 5.91 Å². The van der Waals surface area contributed by atoms with Gasteiger partial charge in [-0.25, -0.2) is 5.01 Å². The molecular formula is C22H22N2O5. The molecule has 1 aliphatic rings. The van der Waals surface area contributed by atoms with Crippen LogP contribution in [-0.2, 0) is 32.1 Å². The number of amides is 1. The van der Waals surface area contributed by atoms with Gasteiger partial charge in [-0.15, -0.1) is 5.10 Å². The summed E-state index contributed by atoms with van der Waals surface area (Å²) in [7, 11) is 1.54. The average molecular weight is 394 g/mol. The van der Waals surface area contributed by atoms with E-state index in [0.717, 1.165) is 5.56 Å². The van der Waals surface area contributed by atoms with Gasteiger partial charge in [-0.05, 0) is 30.2 Å². The van der Waals surface area contributed by atoms with Gasteiger partial charge < -0.3 is 9.47 Å².